The van der Waals surface area contributed by atoms with Crippen LogP contribution in [0.2, 0.25) is 0 Å². The van der Waals surface area contributed by atoms with Gasteiger partial charge in [0.05, 0.1) is 19.3 Å². The molecular formula is C11H13BN2O3. The molecule has 0 spiro atoms. The summed E-state index contributed by atoms with van der Waals surface area (Å²) >= 11 is 0. The van der Waals surface area contributed by atoms with Gasteiger partial charge in [0.1, 0.15) is 0 Å². The zero-order valence-electron chi connectivity index (χ0n) is 9.19. The lowest BCUT2D eigenvalue weighted by Crippen LogP contribution is -2.29. The largest absolute Gasteiger partial charge is 0.488 e. The van der Waals surface area contributed by atoms with Gasteiger partial charge < -0.3 is 15.2 Å². The van der Waals surface area contributed by atoms with E-state index in [1.165, 1.54) is 0 Å². The Balaban J connectivity index is 2.28. The van der Waals surface area contributed by atoms with Gasteiger partial charge >= 0.3 is 7.12 Å². The summed E-state index contributed by atoms with van der Waals surface area (Å²) < 4.78 is 1.64. The first-order valence-electron chi connectivity index (χ1n) is 5.30. The van der Waals surface area contributed by atoms with E-state index >= 15 is 0 Å². The highest BCUT2D eigenvalue weighted by Crippen LogP contribution is 2.16. The lowest BCUT2D eigenvalue weighted by atomic mass is 9.79. The maximum absolute atomic E-state index is 9.09. The molecule has 2 rings (SSSR count). The molecule has 0 radical (unpaired) electrons. The quantitative estimate of drug-likeness (QED) is 0.604. The Hall–Kier alpha value is -1.63. The lowest BCUT2D eigenvalue weighted by molar-refractivity contribution is 0.269. The molecule has 1 aromatic carbocycles. The molecule has 6 heteroatoms. The summed E-state index contributed by atoms with van der Waals surface area (Å²) in [5, 5.41) is 31.1. The fourth-order valence-corrected chi connectivity index (χ4v) is 1.62. The smallest absolute Gasteiger partial charge is 0.423 e. The number of hydrogen-bond acceptors (Lipinski definition) is 4. The molecule has 0 saturated heterocycles. The second-order valence-electron chi connectivity index (χ2n) is 3.71. The van der Waals surface area contributed by atoms with E-state index in [4.69, 9.17) is 15.2 Å². The molecule has 17 heavy (non-hydrogen) atoms. The molecular weight excluding hydrogens is 219 g/mol. The first kappa shape index (κ1) is 11.8. The monoisotopic (exact) mass is 232 g/mol. The number of nitrogens with zero attached hydrogens (tertiary/aromatic N) is 2. The van der Waals surface area contributed by atoms with Crippen LogP contribution in [0.4, 0.5) is 0 Å². The van der Waals surface area contributed by atoms with Crippen LogP contribution >= 0.6 is 0 Å². The molecule has 2 aromatic rings. The first-order valence-corrected chi connectivity index (χ1v) is 5.30. The van der Waals surface area contributed by atoms with Crippen molar-refractivity contribution in [1.29, 1.82) is 0 Å². The number of aliphatic hydroxyl groups excluding tert-OH is 1. The minimum absolute atomic E-state index is 0.0382. The van der Waals surface area contributed by atoms with Crippen molar-refractivity contribution in [2.24, 2.45) is 0 Å². The second-order valence-corrected chi connectivity index (χ2v) is 3.71. The van der Waals surface area contributed by atoms with E-state index in [9.17, 15) is 0 Å². The van der Waals surface area contributed by atoms with Crippen LogP contribution in [0.25, 0.3) is 11.1 Å². The molecule has 1 aromatic heterocycles. The number of benzene rings is 1. The van der Waals surface area contributed by atoms with Crippen LogP contribution in [-0.4, -0.2) is 38.7 Å². The topological polar surface area (TPSA) is 78.5 Å². The van der Waals surface area contributed by atoms with Crippen molar-refractivity contribution in [2.75, 3.05) is 6.61 Å². The third kappa shape index (κ3) is 2.73. The van der Waals surface area contributed by atoms with Gasteiger partial charge in [0, 0.05) is 11.8 Å². The Morgan fingerprint density at radius 1 is 1.24 bits per heavy atom. The van der Waals surface area contributed by atoms with Crippen molar-refractivity contribution in [1.82, 2.24) is 9.78 Å². The Bertz CT molecular complexity index is 499. The van der Waals surface area contributed by atoms with Gasteiger partial charge in [-0.25, -0.2) is 0 Å². The van der Waals surface area contributed by atoms with Crippen molar-refractivity contribution in [3.8, 4) is 11.1 Å². The molecule has 0 aliphatic heterocycles. The summed E-state index contributed by atoms with van der Waals surface area (Å²) in [5.74, 6) is 0. The van der Waals surface area contributed by atoms with Crippen molar-refractivity contribution >= 4 is 12.6 Å². The molecule has 0 aliphatic carbocycles. The SMILES string of the molecule is OCCn1cc(-c2cccc(B(O)O)c2)cn1. The van der Waals surface area contributed by atoms with E-state index in [-0.39, 0.29) is 6.61 Å². The molecule has 0 fully saturated rings. The Kier molecular flexibility index (Phi) is 3.58. The fourth-order valence-electron chi connectivity index (χ4n) is 1.62. The van der Waals surface area contributed by atoms with Crippen molar-refractivity contribution in [3.05, 3.63) is 36.7 Å². The lowest BCUT2D eigenvalue weighted by Gasteiger charge is -2.02. The van der Waals surface area contributed by atoms with Gasteiger partial charge in [-0.15, -0.1) is 0 Å². The number of aliphatic hydroxyl groups is 1. The standard InChI is InChI=1S/C11H13BN2O3/c15-5-4-14-8-10(7-13-14)9-2-1-3-11(6-9)12(16)17/h1-3,6-8,15-17H,4-5H2. The van der Waals surface area contributed by atoms with Crippen LogP contribution in [0.3, 0.4) is 0 Å². The first-order chi connectivity index (χ1) is 8.20. The van der Waals surface area contributed by atoms with Crippen LogP contribution in [0, 0.1) is 0 Å². The molecule has 3 N–H and O–H groups in total. The number of hydrogen-bond donors (Lipinski definition) is 3. The summed E-state index contributed by atoms with van der Waals surface area (Å²) in [6.07, 6.45) is 3.48. The van der Waals surface area contributed by atoms with E-state index < -0.39 is 7.12 Å². The molecule has 0 unspecified atom stereocenters. The summed E-state index contributed by atoms with van der Waals surface area (Å²) in [4.78, 5) is 0. The molecule has 0 bridgehead atoms. The highest BCUT2D eigenvalue weighted by molar-refractivity contribution is 6.58. The van der Waals surface area contributed by atoms with Gasteiger partial charge in [-0.3, -0.25) is 4.68 Å². The van der Waals surface area contributed by atoms with Crippen LogP contribution in [0.15, 0.2) is 36.7 Å². The van der Waals surface area contributed by atoms with E-state index in [1.54, 1.807) is 35.3 Å². The fraction of sp³-hybridized carbons (Fsp3) is 0.182. The van der Waals surface area contributed by atoms with Crippen LogP contribution in [0.1, 0.15) is 0 Å². The van der Waals surface area contributed by atoms with Gasteiger partial charge in [-0.2, -0.15) is 5.10 Å². The van der Waals surface area contributed by atoms with Gasteiger partial charge in [0.2, 0.25) is 0 Å². The van der Waals surface area contributed by atoms with Gasteiger partial charge in [0.25, 0.3) is 0 Å². The number of rotatable bonds is 4. The highest BCUT2D eigenvalue weighted by atomic mass is 16.4. The second kappa shape index (κ2) is 5.14. The van der Waals surface area contributed by atoms with E-state index in [0.717, 1.165) is 11.1 Å². The van der Waals surface area contributed by atoms with E-state index in [0.29, 0.717) is 12.0 Å². The van der Waals surface area contributed by atoms with Gasteiger partial charge in [-0.05, 0) is 11.0 Å². The van der Waals surface area contributed by atoms with E-state index in [2.05, 4.69) is 5.10 Å². The van der Waals surface area contributed by atoms with Gasteiger partial charge in [-0.1, -0.05) is 24.3 Å². The maximum atomic E-state index is 9.09. The minimum Gasteiger partial charge on any atom is -0.423 e. The Labute approximate surface area is 99.1 Å². The van der Waals surface area contributed by atoms with Crippen molar-refractivity contribution in [3.63, 3.8) is 0 Å². The van der Waals surface area contributed by atoms with Crippen LogP contribution in [0.5, 0.6) is 0 Å². The molecule has 0 aliphatic rings. The third-order valence-electron chi connectivity index (χ3n) is 2.48. The predicted octanol–water partition coefficient (Wildman–Crippen LogP) is -0.778. The van der Waals surface area contributed by atoms with Crippen LogP contribution in [-0.2, 0) is 6.54 Å². The third-order valence-corrected chi connectivity index (χ3v) is 2.48. The average Bonchev–Trinajstić information content (AvgIpc) is 2.78. The normalized spacial score (nSPS) is 10.5. The molecule has 0 atom stereocenters. The van der Waals surface area contributed by atoms with E-state index in [1.807, 2.05) is 6.07 Å². The maximum Gasteiger partial charge on any atom is 0.488 e. The molecule has 0 amide bonds. The zero-order valence-corrected chi connectivity index (χ0v) is 9.19. The summed E-state index contributed by atoms with van der Waals surface area (Å²) in [7, 11) is -1.47. The summed E-state index contributed by atoms with van der Waals surface area (Å²) in [6, 6.07) is 6.97. The van der Waals surface area contributed by atoms with Crippen molar-refractivity contribution in [2.45, 2.75) is 6.54 Å². The van der Waals surface area contributed by atoms with Gasteiger partial charge in [0.15, 0.2) is 0 Å². The molecule has 88 valence electrons. The van der Waals surface area contributed by atoms with Crippen LogP contribution < -0.4 is 5.46 Å². The molecule has 0 saturated carbocycles. The Morgan fingerprint density at radius 3 is 2.76 bits per heavy atom. The summed E-state index contributed by atoms with van der Waals surface area (Å²) in [6.45, 7) is 0.485. The summed E-state index contributed by atoms with van der Waals surface area (Å²) in [5.41, 5.74) is 2.18. The predicted molar refractivity (Wildman–Crippen MR) is 64.6 cm³/mol. The molecule has 5 nitrogen and oxygen atoms in total. The number of aromatic nitrogens is 2. The average molecular weight is 232 g/mol. The molecule has 1 heterocycles. The van der Waals surface area contributed by atoms with Crippen molar-refractivity contribution < 1.29 is 15.2 Å². The Morgan fingerprint density at radius 2 is 2.06 bits per heavy atom. The zero-order chi connectivity index (χ0) is 12.3. The highest BCUT2D eigenvalue weighted by Gasteiger charge is 2.11. The minimum atomic E-state index is -1.47.